The van der Waals surface area contributed by atoms with Crippen LogP contribution in [0.3, 0.4) is 0 Å². The number of carbonyl (C=O) groups excluding carboxylic acids is 1. The largest absolute Gasteiger partial charge is 0.508 e. The number of carboxylic acids is 1. The number of ether oxygens (including phenoxy) is 2. The van der Waals surface area contributed by atoms with Gasteiger partial charge in [-0.25, -0.2) is 4.79 Å². The summed E-state index contributed by atoms with van der Waals surface area (Å²) >= 11 is 12.2. The number of pyridine rings is 1. The third-order valence-corrected chi connectivity index (χ3v) is 4.72. The highest BCUT2D eigenvalue weighted by atomic mass is 35.5. The van der Waals surface area contributed by atoms with Crippen molar-refractivity contribution < 1.29 is 33.7 Å². The summed E-state index contributed by atoms with van der Waals surface area (Å²) in [7, 11) is 1.10. The molecule has 0 spiro atoms. The van der Waals surface area contributed by atoms with Gasteiger partial charge in [0, 0.05) is 5.56 Å². The van der Waals surface area contributed by atoms with Crippen LogP contribution in [0.15, 0.2) is 18.2 Å². The smallest absolute Gasteiger partial charge is 0.326 e. The molecular weight excluding hydrogens is 454 g/mol. The number of benzene rings is 1. The molecule has 0 amide bonds. The number of carboxylic acid groups (broad SMARTS) is 1. The molecule has 0 saturated carbocycles. The van der Waals surface area contributed by atoms with Gasteiger partial charge in [0.2, 0.25) is 5.95 Å². The monoisotopic (exact) mass is 476 g/mol. The Balaban J connectivity index is 0.00000480. The first kappa shape index (κ1) is 26.3. The molecule has 2 rings (SSSR count). The zero-order chi connectivity index (χ0) is 22.6. The van der Waals surface area contributed by atoms with Gasteiger partial charge in [-0.05, 0) is 24.1 Å². The van der Waals surface area contributed by atoms with Crippen LogP contribution >= 0.6 is 23.2 Å². The summed E-state index contributed by atoms with van der Waals surface area (Å²) in [4.78, 5) is 26.4. The number of aliphatic carboxylic acids is 1. The lowest BCUT2D eigenvalue weighted by atomic mass is 10.0. The van der Waals surface area contributed by atoms with Crippen molar-refractivity contribution in [1.29, 1.82) is 0 Å². The fourth-order valence-electron chi connectivity index (χ4n) is 2.47. The molecule has 0 fully saturated rings. The number of phenolic OH excluding ortho intramolecular Hbond substituents is 1. The molecule has 3 N–H and O–H groups in total. The normalized spacial score (nSPS) is 11.5. The molecule has 170 valence electrons. The first-order chi connectivity index (χ1) is 14.0. The lowest BCUT2D eigenvalue weighted by Gasteiger charge is -2.18. The fraction of sp³-hybridized carbons (Fsp3) is 0.350. The Bertz CT molecular complexity index is 971. The van der Waals surface area contributed by atoms with Crippen LogP contribution in [0.25, 0.3) is 0 Å². The van der Waals surface area contributed by atoms with Crippen LogP contribution in [0.4, 0.5) is 10.2 Å². The number of esters is 1. The van der Waals surface area contributed by atoms with Gasteiger partial charge in [0.1, 0.15) is 27.6 Å². The van der Waals surface area contributed by atoms with Gasteiger partial charge in [-0.15, -0.1) is 0 Å². The number of hydrogen-bond donors (Lipinski definition) is 3. The summed E-state index contributed by atoms with van der Waals surface area (Å²) < 4.78 is 24.3. The number of aromatic hydroxyl groups is 1. The van der Waals surface area contributed by atoms with E-state index in [4.69, 9.17) is 27.9 Å². The third-order valence-electron chi connectivity index (χ3n) is 4.05. The predicted molar refractivity (Wildman–Crippen MR) is 115 cm³/mol. The molecule has 0 radical (unpaired) electrons. The van der Waals surface area contributed by atoms with E-state index in [9.17, 15) is 24.2 Å². The lowest BCUT2D eigenvalue weighted by Crippen LogP contribution is -2.32. The second-order valence-corrected chi connectivity index (χ2v) is 7.26. The van der Waals surface area contributed by atoms with E-state index in [1.807, 2.05) is 13.8 Å². The van der Waals surface area contributed by atoms with E-state index in [1.54, 1.807) is 0 Å². The van der Waals surface area contributed by atoms with E-state index in [-0.39, 0.29) is 41.4 Å². The molecule has 0 aliphatic carbocycles. The number of carbonyl (C=O) groups is 2. The van der Waals surface area contributed by atoms with Crippen molar-refractivity contribution in [3.05, 3.63) is 39.8 Å². The standard InChI is InChI=1S/C19H19Cl2FN2O6.CH4/c1-8(2)10-6-9(4-5-12(10)25)30-16-14(20)17(22)24-18(15(16)21)23-11(19(27)28)7-13(26)29-3;/h4-6,8,11,25H,7H2,1-3H3,(H,23,24)(H,27,28);1H4/t11-;/m0./s1. The number of anilines is 1. The summed E-state index contributed by atoms with van der Waals surface area (Å²) in [5.41, 5.74) is 0.580. The van der Waals surface area contributed by atoms with Gasteiger partial charge in [-0.2, -0.15) is 9.37 Å². The lowest BCUT2D eigenvalue weighted by molar-refractivity contribution is -0.146. The van der Waals surface area contributed by atoms with Crippen LogP contribution in [-0.2, 0) is 14.3 Å². The van der Waals surface area contributed by atoms with Gasteiger partial charge in [0.15, 0.2) is 11.6 Å². The minimum absolute atomic E-state index is 0. The molecule has 8 nitrogen and oxygen atoms in total. The van der Waals surface area contributed by atoms with E-state index >= 15 is 0 Å². The van der Waals surface area contributed by atoms with E-state index < -0.39 is 35.4 Å². The number of rotatable bonds is 8. The number of phenols is 1. The molecule has 0 aliphatic rings. The van der Waals surface area contributed by atoms with Gasteiger partial charge in [-0.1, -0.05) is 44.5 Å². The number of nitrogens with one attached hydrogen (secondary N) is 1. The number of nitrogens with zero attached hydrogens (tertiary/aromatic N) is 1. The van der Waals surface area contributed by atoms with E-state index in [2.05, 4.69) is 15.0 Å². The Kier molecular flexibility index (Phi) is 9.33. The van der Waals surface area contributed by atoms with Crippen molar-refractivity contribution in [2.24, 2.45) is 0 Å². The van der Waals surface area contributed by atoms with Crippen LogP contribution in [0.1, 0.15) is 39.2 Å². The van der Waals surface area contributed by atoms with Gasteiger partial charge in [0.05, 0.1) is 13.5 Å². The Morgan fingerprint density at radius 2 is 1.90 bits per heavy atom. The van der Waals surface area contributed by atoms with Crippen LogP contribution in [0.2, 0.25) is 10.0 Å². The number of aromatic nitrogens is 1. The van der Waals surface area contributed by atoms with Crippen LogP contribution in [-0.4, -0.2) is 40.3 Å². The van der Waals surface area contributed by atoms with E-state index in [0.717, 1.165) is 7.11 Å². The highest BCUT2D eigenvalue weighted by molar-refractivity contribution is 6.38. The van der Waals surface area contributed by atoms with Gasteiger partial charge < -0.3 is 25.0 Å². The van der Waals surface area contributed by atoms with E-state index in [1.165, 1.54) is 18.2 Å². The van der Waals surface area contributed by atoms with Crippen LogP contribution < -0.4 is 10.1 Å². The highest BCUT2D eigenvalue weighted by Gasteiger charge is 2.26. The first-order valence-electron chi connectivity index (χ1n) is 8.66. The molecular formula is C20H23Cl2FN2O6. The molecule has 1 heterocycles. The molecule has 11 heteroatoms. The zero-order valence-corrected chi connectivity index (χ0v) is 17.7. The van der Waals surface area contributed by atoms with Gasteiger partial charge in [0.25, 0.3) is 0 Å². The Morgan fingerprint density at radius 1 is 1.26 bits per heavy atom. The SMILES string of the molecule is C.COC(=O)C[C@H](Nc1nc(F)c(Cl)c(Oc2ccc(O)c(C(C)C)c2)c1Cl)C(=O)O. The summed E-state index contributed by atoms with van der Waals surface area (Å²) in [6.07, 6.45) is -0.556. The molecule has 0 bridgehead atoms. The molecule has 0 aliphatic heterocycles. The number of halogens is 3. The maximum Gasteiger partial charge on any atom is 0.326 e. The minimum atomic E-state index is -1.49. The maximum atomic E-state index is 14.3. The van der Waals surface area contributed by atoms with Gasteiger partial charge in [-0.3, -0.25) is 4.79 Å². The van der Waals surface area contributed by atoms with Crippen LogP contribution in [0.5, 0.6) is 17.2 Å². The quantitative estimate of drug-likeness (QED) is 0.350. The molecule has 31 heavy (non-hydrogen) atoms. The second-order valence-electron chi connectivity index (χ2n) is 6.50. The van der Waals surface area contributed by atoms with Crippen molar-refractivity contribution >= 4 is 41.0 Å². The Labute approximate surface area is 188 Å². The average Bonchev–Trinajstić information content (AvgIpc) is 2.69. The molecule has 0 unspecified atom stereocenters. The second kappa shape index (κ2) is 11.0. The Morgan fingerprint density at radius 3 is 2.45 bits per heavy atom. The number of hydrogen-bond acceptors (Lipinski definition) is 7. The average molecular weight is 477 g/mol. The van der Waals surface area contributed by atoms with Gasteiger partial charge >= 0.3 is 11.9 Å². The molecule has 1 aromatic heterocycles. The van der Waals surface area contributed by atoms with Crippen molar-refractivity contribution in [1.82, 2.24) is 4.98 Å². The topological polar surface area (TPSA) is 118 Å². The molecule has 1 aromatic carbocycles. The summed E-state index contributed by atoms with van der Waals surface area (Å²) in [5.74, 6) is -3.82. The third kappa shape index (κ3) is 6.35. The zero-order valence-electron chi connectivity index (χ0n) is 16.2. The highest BCUT2D eigenvalue weighted by Crippen LogP contribution is 2.42. The molecule has 0 saturated heterocycles. The molecule has 1 atom stereocenters. The first-order valence-corrected chi connectivity index (χ1v) is 9.42. The fourth-order valence-corrected chi connectivity index (χ4v) is 2.92. The summed E-state index contributed by atoms with van der Waals surface area (Å²) in [5, 5.41) is 20.8. The predicted octanol–water partition coefficient (Wildman–Crippen LogP) is 5.21. The summed E-state index contributed by atoms with van der Waals surface area (Å²) in [6, 6.07) is 2.88. The Hall–Kier alpha value is -2.78. The van der Waals surface area contributed by atoms with E-state index in [0.29, 0.717) is 5.56 Å². The number of methoxy groups -OCH3 is 1. The minimum Gasteiger partial charge on any atom is -0.508 e. The molecule has 2 aromatic rings. The summed E-state index contributed by atoms with van der Waals surface area (Å²) in [6.45, 7) is 3.72. The van der Waals surface area contributed by atoms with Crippen molar-refractivity contribution in [2.45, 2.75) is 39.7 Å². The maximum absolute atomic E-state index is 14.3. The van der Waals surface area contributed by atoms with Crippen molar-refractivity contribution in [3.63, 3.8) is 0 Å². The van der Waals surface area contributed by atoms with Crippen LogP contribution in [0, 0.1) is 5.95 Å². The van der Waals surface area contributed by atoms with Crippen molar-refractivity contribution in [2.75, 3.05) is 12.4 Å². The van der Waals surface area contributed by atoms with Crippen molar-refractivity contribution in [3.8, 4) is 17.2 Å².